The fourth-order valence-corrected chi connectivity index (χ4v) is 1.44. The summed E-state index contributed by atoms with van der Waals surface area (Å²) in [6.45, 7) is 1.19. The summed E-state index contributed by atoms with van der Waals surface area (Å²) in [4.78, 5) is 23.0. The van der Waals surface area contributed by atoms with E-state index in [0.29, 0.717) is 24.4 Å². The Morgan fingerprint density at radius 2 is 1.89 bits per heavy atom. The van der Waals surface area contributed by atoms with Crippen LogP contribution in [0.4, 0.5) is 5.69 Å². The number of likely N-dealkylation sites (N-methyl/N-ethyl adjacent to an activating group) is 1. The first kappa shape index (κ1) is 15.1. The molecule has 0 unspecified atom stereocenters. The van der Waals surface area contributed by atoms with Gasteiger partial charge in [0.1, 0.15) is 0 Å². The second-order valence-corrected chi connectivity index (χ2v) is 3.90. The van der Waals surface area contributed by atoms with Gasteiger partial charge in [0, 0.05) is 24.9 Å². The number of hydrogen-bond donors (Lipinski definition) is 3. The Morgan fingerprint density at radius 3 is 2.47 bits per heavy atom. The lowest BCUT2D eigenvalue weighted by Crippen LogP contribution is -2.27. The third-order valence-corrected chi connectivity index (χ3v) is 2.36. The van der Waals surface area contributed by atoms with E-state index in [-0.39, 0.29) is 18.4 Å². The van der Waals surface area contributed by atoms with Crippen LogP contribution in [0.25, 0.3) is 0 Å². The number of carbonyl (C=O) groups excluding carboxylic acids is 2. The largest absolute Gasteiger partial charge is 0.383 e. The zero-order valence-electron chi connectivity index (χ0n) is 11.2. The Balaban J connectivity index is 2.51. The van der Waals surface area contributed by atoms with Gasteiger partial charge in [-0.3, -0.25) is 9.59 Å². The van der Waals surface area contributed by atoms with Crippen molar-refractivity contribution >= 4 is 17.5 Å². The molecule has 0 heterocycles. The summed E-state index contributed by atoms with van der Waals surface area (Å²) in [7, 11) is 3.28. The molecule has 0 saturated carbocycles. The number of benzene rings is 1. The lowest BCUT2D eigenvalue weighted by Gasteiger charge is -2.07. The van der Waals surface area contributed by atoms with Gasteiger partial charge in [0.15, 0.2) is 0 Å². The molecule has 1 aromatic rings. The summed E-state index contributed by atoms with van der Waals surface area (Å²) in [6.07, 6.45) is 0. The van der Waals surface area contributed by atoms with E-state index >= 15 is 0 Å². The Labute approximate surface area is 112 Å². The van der Waals surface area contributed by atoms with Gasteiger partial charge in [0.2, 0.25) is 5.91 Å². The monoisotopic (exact) mass is 265 g/mol. The first-order valence-corrected chi connectivity index (χ1v) is 5.99. The Bertz CT molecular complexity index is 418. The van der Waals surface area contributed by atoms with Crippen molar-refractivity contribution in [1.29, 1.82) is 0 Å². The molecule has 2 amide bonds. The summed E-state index contributed by atoms with van der Waals surface area (Å²) in [6, 6.07) is 6.71. The maximum atomic E-state index is 11.7. The Hall–Kier alpha value is -1.92. The third-order valence-electron chi connectivity index (χ3n) is 2.36. The van der Waals surface area contributed by atoms with Crippen LogP contribution < -0.4 is 16.0 Å². The normalized spacial score (nSPS) is 10.0. The molecule has 0 bridgehead atoms. The van der Waals surface area contributed by atoms with Crippen molar-refractivity contribution in [3.63, 3.8) is 0 Å². The summed E-state index contributed by atoms with van der Waals surface area (Å²) in [5.41, 5.74) is 1.21. The highest BCUT2D eigenvalue weighted by molar-refractivity contribution is 5.96. The van der Waals surface area contributed by atoms with Crippen molar-refractivity contribution in [1.82, 2.24) is 10.6 Å². The van der Waals surface area contributed by atoms with Crippen molar-refractivity contribution in [2.24, 2.45) is 0 Å². The van der Waals surface area contributed by atoms with E-state index in [1.54, 1.807) is 38.4 Å². The Morgan fingerprint density at radius 1 is 1.21 bits per heavy atom. The van der Waals surface area contributed by atoms with Crippen LogP contribution >= 0.6 is 0 Å². The quantitative estimate of drug-likeness (QED) is 0.616. The SMILES string of the molecule is CNCC(=O)Nc1ccc(C(=O)NCCOC)cc1. The molecule has 6 nitrogen and oxygen atoms in total. The fourth-order valence-electron chi connectivity index (χ4n) is 1.44. The molecule has 0 spiro atoms. The summed E-state index contributed by atoms with van der Waals surface area (Å²) >= 11 is 0. The van der Waals surface area contributed by atoms with Gasteiger partial charge in [0.25, 0.3) is 5.91 Å². The lowest BCUT2D eigenvalue weighted by molar-refractivity contribution is -0.115. The summed E-state index contributed by atoms with van der Waals surface area (Å²) in [5, 5.41) is 8.19. The number of nitrogens with one attached hydrogen (secondary N) is 3. The topological polar surface area (TPSA) is 79.5 Å². The van der Waals surface area contributed by atoms with Gasteiger partial charge in [-0.1, -0.05) is 0 Å². The van der Waals surface area contributed by atoms with E-state index in [0.717, 1.165) is 0 Å². The van der Waals surface area contributed by atoms with Gasteiger partial charge < -0.3 is 20.7 Å². The van der Waals surface area contributed by atoms with E-state index in [1.807, 2.05) is 0 Å². The van der Waals surface area contributed by atoms with E-state index in [9.17, 15) is 9.59 Å². The number of amides is 2. The second kappa shape index (κ2) is 8.23. The van der Waals surface area contributed by atoms with Crippen LogP contribution in [0.15, 0.2) is 24.3 Å². The molecule has 0 aromatic heterocycles. The standard InChI is InChI=1S/C13H19N3O3/c1-14-9-12(17)16-11-5-3-10(4-6-11)13(18)15-7-8-19-2/h3-6,14H,7-9H2,1-2H3,(H,15,18)(H,16,17). The molecular formula is C13H19N3O3. The molecule has 104 valence electrons. The molecule has 0 saturated heterocycles. The predicted octanol–water partition coefficient (Wildman–Crippen LogP) is 0.221. The molecule has 3 N–H and O–H groups in total. The number of ether oxygens (including phenoxy) is 1. The molecule has 0 fully saturated rings. The maximum absolute atomic E-state index is 11.7. The van der Waals surface area contributed by atoms with Gasteiger partial charge in [-0.15, -0.1) is 0 Å². The van der Waals surface area contributed by atoms with Crippen molar-refractivity contribution in [2.75, 3.05) is 39.2 Å². The molecule has 19 heavy (non-hydrogen) atoms. The van der Waals surface area contributed by atoms with Gasteiger partial charge in [-0.05, 0) is 31.3 Å². The lowest BCUT2D eigenvalue weighted by atomic mass is 10.2. The minimum Gasteiger partial charge on any atom is -0.383 e. The van der Waals surface area contributed by atoms with Crippen molar-refractivity contribution < 1.29 is 14.3 Å². The van der Waals surface area contributed by atoms with Gasteiger partial charge >= 0.3 is 0 Å². The van der Waals surface area contributed by atoms with Crippen molar-refractivity contribution in [2.45, 2.75) is 0 Å². The highest BCUT2D eigenvalue weighted by Gasteiger charge is 2.05. The van der Waals surface area contributed by atoms with Crippen molar-refractivity contribution in [3.8, 4) is 0 Å². The highest BCUT2D eigenvalue weighted by Crippen LogP contribution is 2.09. The zero-order chi connectivity index (χ0) is 14.1. The van der Waals surface area contributed by atoms with Gasteiger partial charge in [0.05, 0.1) is 13.2 Å². The van der Waals surface area contributed by atoms with Crippen LogP contribution in [0, 0.1) is 0 Å². The number of methoxy groups -OCH3 is 1. The van der Waals surface area contributed by atoms with Gasteiger partial charge in [-0.25, -0.2) is 0 Å². The molecule has 0 aliphatic rings. The zero-order valence-corrected chi connectivity index (χ0v) is 11.2. The minimum absolute atomic E-state index is 0.125. The summed E-state index contributed by atoms with van der Waals surface area (Å²) in [5.74, 6) is -0.287. The van der Waals surface area contributed by atoms with Crippen LogP contribution in [0.1, 0.15) is 10.4 Å². The van der Waals surface area contributed by atoms with Crippen LogP contribution in [0.3, 0.4) is 0 Å². The highest BCUT2D eigenvalue weighted by atomic mass is 16.5. The molecule has 0 radical (unpaired) electrons. The van der Waals surface area contributed by atoms with Crippen LogP contribution in [-0.2, 0) is 9.53 Å². The molecule has 6 heteroatoms. The summed E-state index contributed by atoms with van der Waals surface area (Å²) < 4.78 is 4.85. The minimum atomic E-state index is -0.162. The van der Waals surface area contributed by atoms with E-state index < -0.39 is 0 Å². The number of carbonyl (C=O) groups is 2. The molecule has 1 rings (SSSR count). The first-order chi connectivity index (χ1) is 9.17. The maximum Gasteiger partial charge on any atom is 0.251 e. The second-order valence-electron chi connectivity index (χ2n) is 3.90. The smallest absolute Gasteiger partial charge is 0.251 e. The average molecular weight is 265 g/mol. The van der Waals surface area contributed by atoms with Gasteiger partial charge in [-0.2, -0.15) is 0 Å². The first-order valence-electron chi connectivity index (χ1n) is 5.99. The fraction of sp³-hybridized carbons (Fsp3) is 0.385. The Kier molecular flexibility index (Phi) is 6.56. The van der Waals surface area contributed by atoms with E-state index in [4.69, 9.17) is 4.74 Å². The van der Waals surface area contributed by atoms with Crippen molar-refractivity contribution in [3.05, 3.63) is 29.8 Å². The molecular weight excluding hydrogens is 246 g/mol. The van der Waals surface area contributed by atoms with Crippen LogP contribution in [-0.4, -0.2) is 45.7 Å². The molecule has 0 aliphatic carbocycles. The predicted molar refractivity (Wildman–Crippen MR) is 73.2 cm³/mol. The number of anilines is 1. The molecule has 1 aromatic carbocycles. The third kappa shape index (κ3) is 5.50. The van der Waals surface area contributed by atoms with E-state index in [1.165, 1.54) is 0 Å². The van der Waals surface area contributed by atoms with Crippen LogP contribution in [0.5, 0.6) is 0 Å². The van der Waals surface area contributed by atoms with Crippen LogP contribution in [0.2, 0.25) is 0 Å². The molecule has 0 aliphatic heterocycles. The number of hydrogen-bond acceptors (Lipinski definition) is 4. The van der Waals surface area contributed by atoms with E-state index in [2.05, 4.69) is 16.0 Å². The average Bonchev–Trinajstić information content (AvgIpc) is 2.40. The number of rotatable bonds is 7. The molecule has 0 atom stereocenters.